The first-order chi connectivity index (χ1) is 11.1. The van der Waals surface area contributed by atoms with Crippen molar-refractivity contribution in [1.29, 1.82) is 0 Å². The van der Waals surface area contributed by atoms with Crippen molar-refractivity contribution in [3.8, 4) is 0 Å². The second-order valence-electron chi connectivity index (χ2n) is 6.00. The Bertz CT molecular complexity index is 684. The zero-order valence-corrected chi connectivity index (χ0v) is 13.9. The first-order valence-electron chi connectivity index (χ1n) is 7.75. The second kappa shape index (κ2) is 6.54. The van der Waals surface area contributed by atoms with Crippen LogP contribution >= 0.6 is 11.3 Å². The number of nitrogens with one attached hydrogen (secondary N) is 1. The number of amides is 2. The Labute approximate surface area is 140 Å². The first kappa shape index (κ1) is 15.7. The number of hydrogen-bond acceptors (Lipinski definition) is 3. The average molecular weight is 328 g/mol. The van der Waals surface area contributed by atoms with E-state index in [1.54, 1.807) is 16.2 Å². The van der Waals surface area contributed by atoms with E-state index in [9.17, 15) is 9.59 Å². The molecule has 0 radical (unpaired) electrons. The largest absolute Gasteiger partial charge is 0.350 e. The highest BCUT2D eigenvalue weighted by molar-refractivity contribution is 7.09. The minimum absolute atomic E-state index is 0.0516. The van der Waals surface area contributed by atoms with Gasteiger partial charge < -0.3 is 10.2 Å². The molecule has 5 heteroatoms. The minimum Gasteiger partial charge on any atom is -0.350 e. The zero-order valence-electron chi connectivity index (χ0n) is 13.1. The molecule has 0 saturated carbocycles. The molecule has 0 aliphatic carbocycles. The van der Waals surface area contributed by atoms with E-state index in [2.05, 4.69) is 5.32 Å². The van der Waals surface area contributed by atoms with Crippen molar-refractivity contribution in [3.63, 3.8) is 0 Å². The van der Waals surface area contributed by atoms with Crippen LogP contribution in [0.4, 0.5) is 0 Å². The summed E-state index contributed by atoms with van der Waals surface area (Å²) in [5.74, 6) is -0.0282. The Kier molecular flexibility index (Phi) is 4.48. The smallest absolute Gasteiger partial charge is 0.245 e. The van der Waals surface area contributed by atoms with Crippen LogP contribution in [0, 0.1) is 0 Å². The Balaban J connectivity index is 1.70. The van der Waals surface area contributed by atoms with Crippen LogP contribution in [-0.2, 0) is 22.7 Å². The lowest BCUT2D eigenvalue weighted by Gasteiger charge is -2.33. The topological polar surface area (TPSA) is 49.4 Å². The Hall–Kier alpha value is -2.14. The maximum Gasteiger partial charge on any atom is 0.245 e. The van der Waals surface area contributed by atoms with Gasteiger partial charge in [0.1, 0.15) is 5.54 Å². The van der Waals surface area contributed by atoms with Gasteiger partial charge >= 0.3 is 0 Å². The quantitative estimate of drug-likeness (QED) is 0.917. The van der Waals surface area contributed by atoms with Crippen LogP contribution < -0.4 is 5.32 Å². The molecule has 120 valence electrons. The van der Waals surface area contributed by atoms with Gasteiger partial charge in [-0.3, -0.25) is 9.59 Å². The van der Waals surface area contributed by atoms with E-state index >= 15 is 0 Å². The summed E-state index contributed by atoms with van der Waals surface area (Å²) < 4.78 is 0. The number of benzene rings is 1. The predicted octanol–water partition coefficient (Wildman–Crippen LogP) is 2.95. The SMILES string of the molecule is C[C@@]1(C(=O)NCc2ccccc2)CCC(=O)N1Cc1cccs1. The standard InChI is InChI=1S/C18H20N2O2S/c1-18(17(22)19-12-14-6-3-2-4-7-14)10-9-16(21)20(18)13-15-8-5-11-23-15/h2-8,11H,9-10,12-13H2,1H3,(H,19,22)/t18-/m0/s1. The lowest BCUT2D eigenvalue weighted by molar-refractivity contribution is -0.141. The second-order valence-corrected chi connectivity index (χ2v) is 7.03. The van der Waals surface area contributed by atoms with Crippen LogP contribution in [0.25, 0.3) is 0 Å². The van der Waals surface area contributed by atoms with Crippen molar-refractivity contribution in [2.45, 2.75) is 38.4 Å². The van der Waals surface area contributed by atoms with Crippen molar-refractivity contribution in [1.82, 2.24) is 10.2 Å². The molecule has 3 rings (SSSR count). The molecule has 2 amide bonds. The van der Waals surface area contributed by atoms with Crippen molar-refractivity contribution in [2.75, 3.05) is 0 Å². The first-order valence-corrected chi connectivity index (χ1v) is 8.62. The molecular weight excluding hydrogens is 308 g/mol. The summed E-state index contributed by atoms with van der Waals surface area (Å²) in [5.41, 5.74) is 0.286. The van der Waals surface area contributed by atoms with Crippen LogP contribution in [-0.4, -0.2) is 22.3 Å². The normalized spacial score (nSPS) is 20.7. The van der Waals surface area contributed by atoms with E-state index in [1.165, 1.54) is 0 Å². The number of thiophene rings is 1. The van der Waals surface area contributed by atoms with Gasteiger partial charge in [0.05, 0.1) is 6.54 Å². The molecule has 1 N–H and O–H groups in total. The molecule has 2 aromatic rings. The van der Waals surface area contributed by atoms with Gasteiger partial charge in [-0.1, -0.05) is 36.4 Å². The number of likely N-dealkylation sites (tertiary alicyclic amines) is 1. The molecule has 0 spiro atoms. The molecule has 1 fully saturated rings. The van der Waals surface area contributed by atoms with Gasteiger partial charge in [0.15, 0.2) is 0 Å². The van der Waals surface area contributed by atoms with E-state index < -0.39 is 5.54 Å². The van der Waals surface area contributed by atoms with Crippen molar-refractivity contribution < 1.29 is 9.59 Å². The number of hydrogen-bond donors (Lipinski definition) is 1. The summed E-state index contributed by atoms with van der Waals surface area (Å²) in [5, 5.41) is 4.97. The number of carbonyl (C=O) groups is 2. The molecule has 1 aliphatic heterocycles. The molecule has 0 unspecified atom stereocenters. The van der Waals surface area contributed by atoms with Gasteiger partial charge in [0.25, 0.3) is 0 Å². The fraction of sp³-hybridized carbons (Fsp3) is 0.333. The van der Waals surface area contributed by atoms with Crippen LogP contribution in [0.1, 0.15) is 30.2 Å². The fourth-order valence-corrected chi connectivity index (χ4v) is 3.61. The van der Waals surface area contributed by atoms with E-state index in [0.29, 0.717) is 25.9 Å². The molecule has 1 aromatic carbocycles. The molecule has 1 saturated heterocycles. The van der Waals surface area contributed by atoms with Gasteiger partial charge in [-0.15, -0.1) is 11.3 Å². The highest BCUT2D eigenvalue weighted by Gasteiger charge is 2.47. The highest BCUT2D eigenvalue weighted by Crippen LogP contribution is 2.32. The van der Waals surface area contributed by atoms with E-state index in [1.807, 2.05) is 54.8 Å². The van der Waals surface area contributed by atoms with E-state index in [-0.39, 0.29) is 11.8 Å². The van der Waals surface area contributed by atoms with Crippen molar-refractivity contribution >= 4 is 23.2 Å². The summed E-state index contributed by atoms with van der Waals surface area (Å²) >= 11 is 1.61. The summed E-state index contributed by atoms with van der Waals surface area (Å²) in [6, 6.07) is 13.8. The van der Waals surface area contributed by atoms with Crippen LogP contribution in [0.2, 0.25) is 0 Å². The monoisotopic (exact) mass is 328 g/mol. The maximum atomic E-state index is 12.7. The third kappa shape index (κ3) is 3.29. The molecule has 1 aromatic heterocycles. The number of carbonyl (C=O) groups excluding carboxylic acids is 2. The molecule has 1 atom stereocenters. The fourth-order valence-electron chi connectivity index (χ4n) is 2.92. The number of rotatable bonds is 5. The van der Waals surface area contributed by atoms with Gasteiger partial charge in [-0.25, -0.2) is 0 Å². The highest BCUT2D eigenvalue weighted by atomic mass is 32.1. The van der Waals surface area contributed by atoms with E-state index in [0.717, 1.165) is 10.4 Å². The van der Waals surface area contributed by atoms with Gasteiger partial charge in [0, 0.05) is 17.8 Å². The number of nitrogens with zero attached hydrogens (tertiary/aromatic N) is 1. The minimum atomic E-state index is -0.768. The summed E-state index contributed by atoms with van der Waals surface area (Å²) in [6.45, 7) is 2.86. The predicted molar refractivity (Wildman–Crippen MR) is 90.8 cm³/mol. The zero-order chi connectivity index (χ0) is 16.3. The van der Waals surface area contributed by atoms with Gasteiger partial charge in [0.2, 0.25) is 11.8 Å². The van der Waals surface area contributed by atoms with Crippen LogP contribution in [0.15, 0.2) is 47.8 Å². The molecule has 23 heavy (non-hydrogen) atoms. The lowest BCUT2D eigenvalue weighted by atomic mass is 9.97. The van der Waals surface area contributed by atoms with Crippen molar-refractivity contribution in [2.24, 2.45) is 0 Å². The third-order valence-corrected chi connectivity index (χ3v) is 5.26. The lowest BCUT2D eigenvalue weighted by Crippen LogP contribution is -2.53. The molecule has 1 aliphatic rings. The van der Waals surface area contributed by atoms with E-state index in [4.69, 9.17) is 0 Å². The van der Waals surface area contributed by atoms with Crippen LogP contribution in [0.3, 0.4) is 0 Å². The molecule has 4 nitrogen and oxygen atoms in total. The Morgan fingerprint density at radius 3 is 2.74 bits per heavy atom. The van der Waals surface area contributed by atoms with Crippen LogP contribution in [0.5, 0.6) is 0 Å². The van der Waals surface area contributed by atoms with Gasteiger partial charge in [-0.05, 0) is 30.4 Å². The molecule has 0 bridgehead atoms. The van der Waals surface area contributed by atoms with Crippen molar-refractivity contribution in [3.05, 3.63) is 58.3 Å². The summed E-state index contributed by atoms with van der Waals surface area (Å²) in [7, 11) is 0. The average Bonchev–Trinajstić information content (AvgIpc) is 3.18. The van der Waals surface area contributed by atoms with Gasteiger partial charge in [-0.2, -0.15) is 0 Å². The Morgan fingerprint density at radius 2 is 2.04 bits per heavy atom. The summed E-state index contributed by atoms with van der Waals surface area (Å²) in [6.07, 6.45) is 0.998. The Morgan fingerprint density at radius 1 is 1.26 bits per heavy atom. The summed E-state index contributed by atoms with van der Waals surface area (Å²) in [4.78, 5) is 27.8. The molecular formula is C18H20N2O2S. The molecule has 2 heterocycles. The maximum absolute atomic E-state index is 12.7. The third-order valence-electron chi connectivity index (χ3n) is 4.40.